The van der Waals surface area contributed by atoms with E-state index in [0.717, 1.165) is 27.3 Å². The van der Waals surface area contributed by atoms with E-state index in [1.165, 1.54) is 0 Å². The Morgan fingerprint density at radius 3 is 2.96 bits per heavy atom. The molecule has 0 saturated carbocycles. The number of hydrogen-bond donors (Lipinski definition) is 3. The largest absolute Gasteiger partial charge is 0.396 e. The quantitative estimate of drug-likeness (QED) is 0.751. The first kappa shape index (κ1) is 16.0. The number of carbonyl (C=O) groups excluding carboxylic acids is 1. The predicted molar refractivity (Wildman–Crippen MR) is 94.0 cm³/mol. The molecule has 0 aliphatic heterocycles. The van der Waals surface area contributed by atoms with Gasteiger partial charge in [-0.15, -0.1) is 11.3 Å². The van der Waals surface area contributed by atoms with Crippen molar-refractivity contribution < 1.29 is 9.90 Å². The average Bonchev–Trinajstić information content (AvgIpc) is 3.12. The smallest absolute Gasteiger partial charge is 0.319 e. The molecule has 1 heterocycles. The second-order valence-corrected chi connectivity index (χ2v) is 7.22. The van der Waals surface area contributed by atoms with Gasteiger partial charge < -0.3 is 15.7 Å². The Labute approximate surface area is 139 Å². The van der Waals surface area contributed by atoms with E-state index in [1.54, 1.807) is 11.3 Å². The number of nitrogens with one attached hydrogen (secondary N) is 2. The molecule has 3 N–H and O–H groups in total. The van der Waals surface area contributed by atoms with Gasteiger partial charge in [0.25, 0.3) is 0 Å². The number of anilines is 1. The van der Waals surface area contributed by atoms with Crippen molar-refractivity contribution in [3.05, 3.63) is 35.4 Å². The number of amides is 2. The van der Waals surface area contributed by atoms with Crippen molar-refractivity contribution in [3.8, 4) is 0 Å². The average molecular weight is 331 g/mol. The topological polar surface area (TPSA) is 74.2 Å². The van der Waals surface area contributed by atoms with E-state index in [4.69, 9.17) is 5.11 Å². The first-order valence-corrected chi connectivity index (χ1v) is 8.64. The Morgan fingerprint density at radius 1 is 1.43 bits per heavy atom. The number of aliphatic hydroxyl groups excluding tert-OH is 1. The van der Waals surface area contributed by atoms with Crippen molar-refractivity contribution in [2.24, 2.45) is 5.92 Å². The Bertz CT molecular complexity index is 739. The lowest BCUT2D eigenvalue weighted by Gasteiger charge is -2.13. The zero-order valence-electron chi connectivity index (χ0n) is 13.2. The monoisotopic (exact) mass is 331 g/mol. The maximum absolute atomic E-state index is 12.1. The van der Waals surface area contributed by atoms with E-state index in [9.17, 15) is 4.79 Å². The van der Waals surface area contributed by atoms with Crippen molar-refractivity contribution >= 4 is 33.3 Å². The SMILES string of the molecule is CC(C)c1nc2ccc(NC(=O)N[C@@H]3C=C[C@H](CO)C3)cc2s1. The minimum absolute atomic E-state index is 0.0215. The number of urea groups is 1. The number of carbonyl (C=O) groups is 1. The number of aliphatic hydroxyl groups is 1. The van der Waals surface area contributed by atoms with E-state index in [-0.39, 0.29) is 24.6 Å². The number of aromatic nitrogens is 1. The van der Waals surface area contributed by atoms with Crippen molar-refractivity contribution in [2.45, 2.75) is 32.2 Å². The summed E-state index contributed by atoms with van der Waals surface area (Å²) in [5, 5.41) is 16.0. The highest BCUT2D eigenvalue weighted by atomic mass is 32.1. The molecule has 0 fully saturated rings. The van der Waals surface area contributed by atoms with E-state index < -0.39 is 0 Å². The fourth-order valence-corrected chi connectivity index (χ4v) is 3.63. The van der Waals surface area contributed by atoms with Crippen LogP contribution in [0.2, 0.25) is 0 Å². The molecular formula is C17H21N3O2S. The van der Waals surface area contributed by atoms with Crippen molar-refractivity contribution in [3.63, 3.8) is 0 Å². The minimum atomic E-state index is -0.230. The van der Waals surface area contributed by atoms with Crippen LogP contribution in [0.15, 0.2) is 30.4 Å². The molecule has 5 nitrogen and oxygen atoms in total. The van der Waals surface area contributed by atoms with Gasteiger partial charge in [0.05, 0.1) is 15.2 Å². The first-order valence-electron chi connectivity index (χ1n) is 7.82. The molecule has 0 saturated heterocycles. The van der Waals surface area contributed by atoms with Gasteiger partial charge in [-0.1, -0.05) is 26.0 Å². The molecule has 0 spiro atoms. The van der Waals surface area contributed by atoms with Gasteiger partial charge in [0.2, 0.25) is 0 Å². The van der Waals surface area contributed by atoms with Crippen LogP contribution in [-0.4, -0.2) is 28.8 Å². The normalized spacial score (nSPS) is 20.3. The highest BCUT2D eigenvalue weighted by Crippen LogP contribution is 2.29. The van der Waals surface area contributed by atoms with E-state index in [0.29, 0.717) is 5.92 Å². The molecule has 23 heavy (non-hydrogen) atoms. The summed E-state index contributed by atoms with van der Waals surface area (Å²) in [5.41, 5.74) is 1.73. The molecule has 1 aromatic carbocycles. The molecule has 2 atom stereocenters. The Kier molecular flexibility index (Phi) is 4.63. The van der Waals surface area contributed by atoms with Crippen LogP contribution < -0.4 is 10.6 Å². The summed E-state index contributed by atoms with van der Waals surface area (Å²) in [6.07, 6.45) is 4.62. The van der Waals surface area contributed by atoms with Crippen molar-refractivity contribution in [2.75, 3.05) is 11.9 Å². The minimum Gasteiger partial charge on any atom is -0.396 e. The zero-order valence-corrected chi connectivity index (χ0v) is 14.1. The Hall–Kier alpha value is -1.92. The van der Waals surface area contributed by atoms with Gasteiger partial charge in [-0.25, -0.2) is 9.78 Å². The molecule has 3 rings (SSSR count). The summed E-state index contributed by atoms with van der Waals surface area (Å²) in [7, 11) is 0. The van der Waals surface area contributed by atoms with E-state index in [2.05, 4.69) is 29.5 Å². The second-order valence-electron chi connectivity index (χ2n) is 6.16. The maximum Gasteiger partial charge on any atom is 0.319 e. The van der Waals surface area contributed by atoms with Gasteiger partial charge in [0, 0.05) is 30.2 Å². The summed E-state index contributed by atoms with van der Waals surface area (Å²) in [6.45, 7) is 4.37. The molecule has 0 bridgehead atoms. The summed E-state index contributed by atoms with van der Waals surface area (Å²) in [4.78, 5) is 16.7. The molecule has 1 aromatic heterocycles. The highest BCUT2D eigenvalue weighted by molar-refractivity contribution is 7.18. The lowest BCUT2D eigenvalue weighted by molar-refractivity contribution is 0.238. The van der Waals surface area contributed by atoms with Crippen LogP contribution >= 0.6 is 11.3 Å². The maximum atomic E-state index is 12.1. The van der Waals surface area contributed by atoms with E-state index in [1.807, 2.05) is 30.4 Å². The number of benzene rings is 1. The molecule has 2 aromatic rings. The first-order chi connectivity index (χ1) is 11.0. The van der Waals surface area contributed by atoms with Crippen LogP contribution in [-0.2, 0) is 0 Å². The van der Waals surface area contributed by atoms with Crippen LogP contribution in [0, 0.1) is 5.92 Å². The molecule has 6 heteroatoms. The van der Waals surface area contributed by atoms with Crippen LogP contribution in [0.25, 0.3) is 10.2 Å². The molecular weight excluding hydrogens is 310 g/mol. The fourth-order valence-electron chi connectivity index (χ4n) is 2.62. The van der Waals surface area contributed by atoms with Crippen LogP contribution in [0.4, 0.5) is 10.5 Å². The van der Waals surface area contributed by atoms with Crippen molar-refractivity contribution in [1.29, 1.82) is 0 Å². The van der Waals surface area contributed by atoms with Gasteiger partial charge in [0.1, 0.15) is 0 Å². The molecule has 1 aliphatic carbocycles. The van der Waals surface area contributed by atoms with Crippen molar-refractivity contribution in [1.82, 2.24) is 10.3 Å². The number of fused-ring (bicyclic) bond motifs is 1. The van der Waals surface area contributed by atoms with Crippen LogP contribution in [0.3, 0.4) is 0 Å². The van der Waals surface area contributed by atoms with E-state index >= 15 is 0 Å². The number of nitrogens with zero attached hydrogens (tertiary/aromatic N) is 1. The molecule has 0 radical (unpaired) electrons. The van der Waals surface area contributed by atoms with Gasteiger partial charge in [0.15, 0.2) is 0 Å². The van der Waals surface area contributed by atoms with Gasteiger partial charge in [-0.05, 0) is 24.6 Å². The molecule has 2 amide bonds. The number of hydrogen-bond acceptors (Lipinski definition) is 4. The molecule has 1 aliphatic rings. The highest BCUT2D eigenvalue weighted by Gasteiger charge is 2.19. The third kappa shape index (κ3) is 3.71. The predicted octanol–water partition coefficient (Wildman–Crippen LogP) is 3.48. The summed E-state index contributed by atoms with van der Waals surface area (Å²) in [6, 6.07) is 5.51. The van der Waals surface area contributed by atoms with Crippen LogP contribution in [0.5, 0.6) is 0 Å². The third-order valence-corrected chi connectivity index (χ3v) is 5.20. The fraction of sp³-hybridized carbons (Fsp3) is 0.412. The lowest BCUT2D eigenvalue weighted by Crippen LogP contribution is -2.36. The number of rotatable bonds is 4. The van der Waals surface area contributed by atoms with Gasteiger partial charge in [-0.3, -0.25) is 0 Å². The van der Waals surface area contributed by atoms with Crippen LogP contribution in [0.1, 0.15) is 31.2 Å². The van der Waals surface area contributed by atoms with Gasteiger partial charge in [-0.2, -0.15) is 0 Å². The molecule has 0 unspecified atom stereocenters. The lowest BCUT2D eigenvalue weighted by atomic mass is 10.1. The zero-order chi connectivity index (χ0) is 16.4. The Morgan fingerprint density at radius 2 is 2.26 bits per heavy atom. The summed E-state index contributed by atoms with van der Waals surface area (Å²) in [5.74, 6) is 0.545. The second kappa shape index (κ2) is 6.68. The standard InChI is InChI=1S/C17H21N3O2S/c1-10(2)16-20-14-6-5-13(8-15(14)23-16)19-17(22)18-12-4-3-11(7-12)9-21/h3-6,8,10-12,21H,7,9H2,1-2H3,(H2,18,19,22)/t11-,12+/m0/s1. The summed E-state index contributed by atoms with van der Waals surface area (Å²) >= 11 is 1.66. The summed E-state index contributed by atoms with van der Waals surface area (Å²) < 4.78 is 1.08. The molecule has 122 valence electrons. The van der Waals surface area contributed by atoms with Gasteiger partial charge >= 0.3 is 6.03 Å². The Balaban J connectivity index is 1.64. The number of thiazole rings is 1. The third-order valence-electron chi connectivity index (χ3n) is 3.88.